The molecule has 2 aromatic rings. The van der Waals surface area contributed by atoms with Gasteiger partial charge in [0.15, 0.2) is 11.6 Å². The molecule has 10 heteroatoms. The van der Waals surface area contributed by atoms with Gasteiger partial charge in [0.05, 0.1) is 4.90 Å². The van der Waals surface area contributed by atoms with Gasteiger partial charge in [-0.3, -0.25) is 4.79 Å². The van der Waals surface area contributed by atoms with E-state index in [9.17, 15) is 22.0 Å². The fourth-order valence-electron chi connectivity index (χ4n) is 3.03. The van der Waals surface area contributed by atoms with E-state index in [0.29, 0.717) is 36.4 Å². The number of carbonyl (C=O) groups excluding carboxylic acids is 1. The quantitative estimate of drug-likeness (QED) is 0.745. The molecule has 0 unspecified atom stereocenters. The van der Waals surface area contributed by atoms with Gasteiger partial charge in [-0.15, -0.1) is 0 Å². The molecule has 0 bridgehead atoms. The van der Waals surface area contributed by atoms with Gasteiger partial charge in [0.1, 0.15) is 0 Å². The maximum Gasteiger partial charge on any atom is 0.243 e. The number of halogens is 3. The summed E-state index contributed by atoms with van der Waals surface area (Å²) in [4.78, 5) is 13.8. The zero-order valence-electron chi connectivity index (χ0n) is 15.4. The zero-order valence-corrected chi connectivity index (χ0v) is 17.0. The van der Waals surface area contributed by atoms with Crippen molar-refractivity contribution in [3.63, 3.8) is 0 Å². The number of hydrogen-bond acceptors (Lipinski definition) is 4. The van der Waals surface area contributed by atoms with Gasteiger partial charge < -0.3 is 10.2 Å². The summed E-state index contributed by atoms with van der Waals surface area (Å²) >= 11 is 5.89. The first-order chi connectivity index (χ1) is 13.8. The molecule has 3 rings (SSSR count). The number of nitrogens with zero attached hydrogens (tertiary/aromatic N) is 2. The van der Waals surface area contributed by atoms with Gasteiger partial charge in [-0.05, 0) is 36.4 Å². The number of rotatable bonds is 6. The number of sulfonamides is 1. The molecule has 0 radical (unpaired) electrons. The summed E-state index contributed by atoms with van der Waals surface area (Å²) in [6, 6.07) is 9.40. The van der Waals surface area contributed by atoms with E-state index in [-0.39, 0.29) is 30.3 Å². The van der Waals surface area contributed by atoms with E-state index < -0.39 is 21.7 Å². The largest absolute Gasteiger partial charge is 0.326 e. The van der Waals surface area contributed by atoms with Crippen LogP contribution in [-0.4, -0.2) is 56.3 Å². The molecule has 1 fully saturated rings. The second-order valence-corrected chi connectivity index (χ2v) is 9.00. The summed E-state index contributed by atoms with van der Waals surface area (Å²) < 4.78 is 52.9. The Bertz CT molecular complexity index is 996. The fourth-order valence-corrected chi connectivity index (χ4v) is 4.65. The second kappa shape index (κ2) is 9.17. The Balaban J connectivity index is 1.50. The molecule has 2 aromatic carbocycles. The topological polar surface area (TPSA) is 69.7 Å². The van der Waals surface area contributed by atoms with Crippen molar-refractivity contribution in [1.82, 2.24) is 9.21 Å². The average Bonchev–Trinajstić information content (AvgIpc) is 2.69. The van der Waals surface area contributed by atoms with Crippen LogP contribution in [0.4, 0.5) is 14.5 Å². The molecule has 1 amide bonds. The van der Waals surface area contributed by atoms with Gasteiger partial charge in [-0.25, -0.2) is 17.2 Å². The van der Waals surface area contributed by atoms with Gasteiger partial charge in [0, 0.05) is 49.9 Å². The molecule has 0 spiro atoms. The smallest absolute Gasteiger partial charge is 0.243 e. The molecule has 1 aliphatic heterocycles. The third kappa shape index (κ3) is 5.51. The fraction of sp³-hybridized carbons (Fsp3) is 0.316. The highest BCUT2D eigenvalue weighted by molar-refractivity contribution is 7.89. The number of amides is 1. The van der Waals surface area contributed by atoms with E-state index in [1.165, 1.54) is 4.31 Å². The molecule has 0 atom stereocenters. The van der Waals surface area contributed by atoms with Crippen molar-refractivity contribution in [2.24, 2.45) is 0 Å². The van der Waals surface area contributed by atoms with Gasteiger partial charge >= 0.3 is 0 Å². The maximum atomic E-state index is 13.4. The summed E-state index contributed by atoms with van der Waals surface area (Å²) in [7, 11) is -3.89. The van der Waals surface area contributed by atoms with E-state index in [4.69, 9.17) is 11.6 Å². The number of hydrogen-bond donors (Lipinski definition) is 1. The van der Waals surface area contributed by atoms with Crippen LogP contribution in [-0.2, 0) is 14.8 Å². The Morgan fingerprint density at radius 3 is 2.41 bits per heavy atom. The van der Waals surface area contributed by atoms with Crippen molar-refractivity contribution in [2.75, 3.05) is 38.0 Å². The van der Waals surface area contributed by atoms with Crippen molar-refractivity contribution >= 4 is 33.2 Å². The summed E-state index contributed by atoms with van der Waals surface area (Å²) in [6.07, 6.45) is 0.252. The number of carbonyl (C=O) groups is 1. The normalized spacial score (nSPS) is 16.0. The molecule has 29 heavy (non-hydrogen) atoms. The lowest BCUT2D eigenvalue weighted by atomic mass is 10.3. The summed E-state index contributed by atoms with van der Waals surface area (Å²) in [5, 5.41) is 3.29. The second-order valence-electron chi connectivity index (χ2n) is 6.63. The van der Waals surface area contributed by atoms with Crippen molar-refractivity contribution in [1.29, 1.82) is 0 Å². The highest BCUT2D eigenvalue weighted by atomic mass is 35.5. The maximum absolute atomic E-state index is 13.4. The third-order valence-electron chi connectivity index (χ3n) is 4.62. The van der Waals surface area contributed by atoms with Gasteiger partial charge in [0.25, 0.3) is 0 Å². The third-order valence-corrected chi connectivity index (χ3v) is 6.75. The molecule has 1 N–H and O–H groups in total. The van der Waals surface area contributed by atoms with E-state index in [0.717, 1.165) is 12.1 Å². The monoisotopic (exact) mass is 443 g/mol. The molecule has 1 aliphatic rings. The highest BCUT2D eigenvalue weighted by Gasteiger charge is 2.29. The van der Waals surface area contributed by atoms with Crippen LogP contribution in [0.3, 0.4) is 0 Å². The SMILES string of the molecule is O=C(CCN1CCN(S(=O)(=O)c2ccc(F)c(F)c2)CC1)Nc1cccc(Cl)c1. The van der Waals surface area contributed by atoms with E-state index in [2.05, 4.69) is 5.32 Å². The van der Waals surface area contributed by atoms with Crippen LogP contribution < -0.4 is 5.32 Å². The van der Waals surface area contributed by atoms with Crippen LogP contribution in [0.2, 0.25) is 5.02 Å². The number of piperazine rings is 1. The lowest BCUT2D eigenvalue weighted by Gasteiger charge is -2.33. The van der Waals surface area contributed by atoms with Crippen LogP contribution >= 0.6 is 11.6 Å². The lowest BCUT2D eigenvalue weighted by Crippen LogP contribution is -2.49. The van der Waals surface area contributed by atoms with E-state index >= 15 is 0 Å². The Morgan fingerprint density at radius 1 is 1.03 bits per heavy atom. The number of benzene rings is 2. The first kappa shape index (κ1) is 21.6. The molecule has 0 saturated carbocycles. The molecule has 156 valence electrons. The van der Waals surface area contributed by atoms with Gasteiger partial charge in [-0.2, -0.15) is 4.31 Å². The molecule has 0 aliphatic carbocycles. The molecular weight excluding hydrogens is 424 g/mol. The summed E-state index contributed by atoms with van der Waals surface area (Å²) in [6.45, 7) is 1.76. The Kier molecular flexibility index (Phi) is 6.84. The van der Waals surface area contributed by atoms with Crippen LogP contribution in [0, 0.1) is 11.6 Å². The van der Waals surface area contributed by atoms with Gasteiger partial charge in [-0.1, -0.05) is 17.7 Å². The standard InChI is InChI=1S/C19H20ClF2N3O3S/c20-14-2-1-3-15(12-14)23-19(26)6-7-24-8-10-25(11-9-24)29(27,28)16-4-5-17(21)18(22)13-16/h1-5,12-13H,6-11H2,(H,23,26). The average molecular weight is 444 g/mol. The lowest BCUT2D eigenvalue weighted by molar-refractivity contribution is -0.116. The first-order valence-corrected chi connectivity index (χ1v) is 10.8. The minimum Gasteiger partial charge on any atom is -0.326 e. The van der Waals surface area contributed by atoms with E-state index in [1.807, 2.05) is 4.90 Å². The van der Waals surface area contributed by atoms with Gasteiger partial charge in [0.2, 0.25) is 15.9 Å². The highest BCUT2D eigenvalue weighted by Crippen LogP contribution is 2.20. The Hall–Kier alpha value is -2.07. The minimum atomic E-state index is -3.89. The van der Waals surface area contributed by atoms with Crippen molar-refractivity contribution in [3.8, 4) is 0 Å². The predicted octanol–water partition coefficient (Wildman–Crippen LogP) is 2.95. The zero-order chi connectivity index (χ0) is 21.0. The Labute approximate surface area is 173 Å². The molecule has 1 saturated heterocycles. The number of nitrogens with one attached hydrogen (secondary N) is 1. The van der Waals surface area contributed by atoms with Crippen LogP contribution in [0.25, 0.3) is 0 Å². The van der Waals surface area contributed by atoms with Crippen LogP contribution in [0.1, 0.15) is 6.42 Å². The van der Waals surface area contributed by atoms with Crippen molar-refractivity contribution in [2.45, 2.75) is 11.3 Å². The molecular formula is C19H20ClF2N3O3S. The Morgan fingerprint density at radius 2 is 1.76 bits per heavy atom. The summed E-state index contributed by atoms with van der Waals surface area (Å²) in [5.74, 6) is -2.45. The predicted molar refractivity (Wildman–Crippen MR) is 106 cm³/mol. The molecule has 6 nitrogen and oxygen atoms in total. The minimum absolute atomic E-state index is 0.163. The van der Waals surface area contributed by atoms with Crippen molar-refractivity contribution in [3.05, 3.63) is 59.1 Å². The summed E-state index contributed by atoms with van der Waals surface area (Å²) in [5.41, 5.74) is 0.616. The first-order valence-electron chi connectivity index (χ1n) is 8.99. The number of anilines is 1. The van der Waals surface area contributed by atoms with E-state index in [1.54, 1.807) is 24.3 Å². The van der Waals surface area contributed by atoms with Crippen LogP contribution in [0.15, 0.2) is 47.4 Å². The van der Waals surface area contributed by atoms with Crippen molar-refractivity contribution < 1.29 is 22.0 Å². The molecule has 0 aromatic heterocycles. The van der Waals surface area contributed by atoms with Crippen LogP contribution in [0.5, 0.6) is 0 Å². The molecule has 1 heterocycles.